The third kappa shape index (κ3) is 22.0. The van der Waals surface area contributed by atoms with Gasteiger partial charge in [-0.25, -0.2) is 0 Å². The van der Waals surface area contributed by atoms with E-state index in [2.05, 4.69) is 92.5 Å². The summed E-state index contributed by atoms with van der Waals surface area (Å²) in [5.41, 5.74) is 20.7. The Bertz CT molecular complexity index is 1220. The van der Waals surface area contributed by atoms with Gasteiger partial charge in [0.25, 0.3) is 5.87 Å². The van der Waals surface area contributed by atoms with Crippen molar-refractivity contribution in [1.29, 1.82) is 0 Å². The van der Waals surface area contributed by atoms with E-state index in [1.54, 1.807) is 0 Å². The molecule has 0 amide bonds. The summed E-state index contributed by atoms with van der Waals surface area (Å²) in [7, 11) is 0. The van der Waals surface area contributed by atoms with Crippen molar-refractivity contribution in [2.45, 2.75) is 206 Å². The Hall–Kier alpha value is -2.00. The van der Waals surface area contributed by atoms with E-state index in [0.29, 0.717) is 0 Å². The summed E-state index contributed by atoms with van der Waals surface area (Å²) in [6.07, 6.45) is 33.1. The van der Waals surface area contributed by atoms with Crippen molar-refractivity contribution in [2.24, 2.45) is 0 Å². The van der Waals surface area contributed by atoms with Crippen LogP contribution >= 0.6 is 0 Å². The molecule has 0 atom stereocenters. The van der Waals surface area contributed by atoms with Crippen LogP contribution in [-0.2, 0) is 43.7 Å². The maximum atomic E-state index is 9.53. The molecule has 0 N–H and O–H groups in total. The summed E-state index contributed by atoms with van der Waals surface area (Å²) < 4.78 is 0. The fraction of sp³-hybridized carbons (Fsp3) is 0.667. The van der Waals surface area contributed by atoms with Gasteiger partial charge in [0.1, 0.15) is 0 Å². The monoisotopic (exact) mass is 789 g/mol. The number of unbranched alkanes of at least 4 members (excludes halogenated alkanes) is 15. The average Bonchev–Trinajstić information content (AvgIpc) is 3.13. The predicted molar refractivity (Wildman–Crippen MR) is 224 cm³/mol. The maximum absolute atomic E-state index is 9.53. The molecule has 0 heterocycles. The first kappa shape index (κ1) is 47.0. The molecule has 0 radical (unpaired) electrons. The summed E-state index contributed by atoms with van der Waals surface area (Å²) in [5.74, 6) is 2.85. The van der Waals surface area contributed by atoms with Crippen molar-refractivity contribution in [3.63, 3.8) is 0 Å². The van der Waals surface area contributed by atoms with Gasteiger partial charge in [-0.1, -0.05) is 167 Å². The molecule has 2 aromatic carbocycles. The Morgan fingerprint density at radius 2 is 0.843 bits per heavy atom. The molecule has 2 rings (SSSR count). The van der Waals surface area contributed by atoms with E-state index < -0.39 is 0 Å². The topological polar surface area (TPSA) is 36.4 Å². The van der Waals surface area contributed by atoms with E-state index >= 15 is 0 Å². The molecule has 0 unspecified atom stereocenters. The van der Waals surface area contributed by atoms with Gasteiger partial charge in [-0.2, -0.15) is 0 Å². The van der Waals surface area contributed by atoms with Crippen LogP contribution in [0.5, 0.6) is 0 Å². The van der Waals surface area contributed by atoms with Crippen LogP contribution in [0.4, 0.5) is 0 Å². The van der Waals surface area contributed by atoms with Gasteiger partial charge in [0.05, 0.1) is 6.08 Å². The van der Waals surface area contributed by atoms with Crippen molar-refractivity contribution in [1.82, 2.24) is 0 Å². The van der Waals surface area contributed by atoms with Crippen molar-refractivity contribution < 1.29 is 22.8 Å². The van der Waals surface area contributed by atoms with E-state index in [-0.39, 0.29) is 0 Å². The molecule has 51 heavy (non-hydrogen) atoms. The van der Waals surface area contributed by atoms with Gasteiger partial charge in [0.15, 0.2) is 0 Å². The molecule has 0 fully saturated rings. The molecule has 3 heteroatoms. The normalized spacial score (nSPS) is 11.4. The first-order valence-electron chi connectivity index (χ1n) is 21.2. The van der Waals surface area contributed by atoms with Gasteiger partial charge in [0.2, 0.25) is 0 Å². The van der Waals surface area contributed by atoms with Gasteiger partial charge >= 0.3 is 28.8 Å². The minimum absolute atomic E-state index is 0.950. The molecule has 0 aromatic heterocycles. The fourth-order valence-electron chi connectivity index (χ4n) is 7.03. The van der Waals surface area contributed by atoms with Crippen LogP contribution in [0.2, 0.25) is 10.8 Å². The van der Waals surface area contributed by atoms with E-state index in [1.807, 2.05) is 6.08 Å². The third-order valence-electron chi connectivity index (χ3n) is 9.88. The Morgan fingerprint density at radius 3 is 1.22 bits per heavy atom. The Balaban J connectivity index is 0.00000418. The Labute approximate surface area is 325 Å². The van der Waals surface area contributed by atoms with Crippen molar-refractivity contribution in [3.8, 4) is 0 Å². The summed E-state index contributed by atoms with van der Waals surface area (Å²) in [5, 5.41) is 4.35. The van der Waals surface area contributed by atoms with Gasteiger partial charge < -0.3 is 5.53 Å². The first-order chi connectivity index (χ1) is 25.0. The van der Waals surface area contributed by atoms with Crippen molar-refractivity contribution in [3.05, 3.63) is 87.0 Å². The zero-order valence-electron chi connectivity index (χ0n) is 34.4. The molecule has 0 saturated carbocycles. The number of rotatable bonds is 28. The molecular formula is C48H78N2Pd. The van der Waals surface area contributed by atoms with Crippen LogP contribution in [-0.4, -0.2) is 10.7 Å². The second-order valence-corrected chi connectivity index (χ2v) is 16.3. The van der Waals surface area contributed by atoms with Crippen molar-refractivity contribution >= 4 is 11.4 Å². The predicted octanol–water partition coefficient (Wildman–Crippen LogP) is 15.6. The van der Waals surface area contributed by atoms with E-state index in [4.69, 9.17) is 0 Å². The number of allylic oxidation sites excluding steroid dienone is 2. The van der Waals surface area contributed by atoms with E-state index in [1.165, 1.54) is 167 Å². The SMILES string of the molecule is CCCCCCCCc1cc(CCCCCCCC)cc(C(=C(C=C=[N+]=[N-])CCCCCC)c2cc(CCCC)cc(CCCC)c2)c1.[CH3][Pd][CH3]. The standard InChI is InChI=1S/C46H72N2.2CH3.Pd/c1-6-11-16-19-21-23-28-41-34-42(29-24-22-20-17-12-7-2)38-45(37-41)46(43(31-32-48-47)30-25-18-13-8-3)44-35-39(26-14-9-4)33-40(36-44)27-15-10-5;;;/h31,33-38H,6-30H2,1-5H3;2*1H3;. The summed E-state index contributed by atoms with van der Waals surface area (Å²) in [6.45, 7) is 11.5. The number of hydrogen-bond acceptors (Lipinski definition) is 0. The summed E-state index contributed by atoms with van der Waals surface area (Å²) >= 11 is 0.950. The van der Waals surface area contributed by atoms with Crippen LogP contribution in [0.15, 0.2) is 48.0 Å². The average molecular weight is 790 g/mol. The van der Waals surface area contributed by atoms with Gasteiger partial charge in [0, 0.05) is 0 Å². The molecule has 2 aromatic rings. The molecule has 0 spiro atoms. The molecular weight excluding hydrogens is 711 g/mol. The summed E-state index contributed by atoms with van der Waals surface area (Å²) in [6, 6.07) is 15.0. The van der Waals surface area contributed by atoms with Crippen molar-refractivity contribution in [2.75, 3.05) is 0 Å². The Morgan fingerprint density at radius 1 is 0.510 bits per heavy atom. The molecule has 0 bridgehead atoms. The summed E-state index contributed by atoms with van der Waals surface area (Å²) in [4.78, 5) is 3.34. The molecule has 290 valence electrons. The van der Waals surface area contributed by atoms with Crippen LogP contribution < -0.4 is 0 Å². The Kier molecular flexibility index (Phi) is 30.1. The minimum atomic E-state index is 0.950. The molecule has 2 nitrogen and oxygen atoms in total. The third-order valence-corrected chi connectivity index (χ3v) is 9.88. The molecule has 0 aliphatic carbocycles. The van der Waals surface area contributed by atoms with E-state index in [9.17, 15) is 5.53 Å². The molecule has 0 aliphatic heterocycles. The van der Waals surface area contributed by atoms with Crippen LogP contribution in [0.1, 0.15) is 203 Å². The number of hydrogen-bond donors (Lipinski definition) is 0. The van der Waals surface area contributed by atoms with Gasteiger partial charge in [-0.3, -0.25) is 0 Å². The molecule has 0 aliphatic rings. The zero-order chi connectivity index (χ0) is 37.4. The van der Waals surface area contributed by atoms with Crippen LogP contribution in [0, 0.1) is 0 Å². The number of nitrogens with zero attached hydrogens (tertiary/aromatic N) is 2. The zero-order valence-corrected chi connectivity index (χ0v) is 36.0. The van der Waals surface area contributed by atoms with Gasteiger partial charge in [-0.15, -0.1) is 4.79 Å². The number of aryl methyl sites for hydroxylation is 4. The molecule has 0 saturated heterocycles. The first-order valence-corrected chi connectivity index (χ1v) is 24.3. The van der Waals surface area contributed by atoms with Gasteiger partial charge in [-0.05, 0) is 109 Å². The van der Waals surface area contributed by atoms with E-state index in [0.717, 1.165) is 56.5 Å². The van der Waals surface area contributed by atoms with Crippen LogP contribution in [0.25, 0.3) is 11.1 Å². The fourth-order valence-corrected chi connectivity index (χ4v) is 7.03. The second kappa shape index (κ2) is 32.6. The second-order valence-electron chi connectivity index (χ2n) is 14.7. The quantitative estimate of drug-likeness (QED) is 0.0206. The number of benzene rings is 2. The van der Waals surface area contributed by atoms with Crippen LogP contribution in [0.3, 0.4) is 0 Å².